The lowest BCUT2D eigenvalue weighted by molar-refractivity contribution is 0.0949. The van der Waals surface area contributed by atoms with Crippen molar-refractivity contribution < 1.29 is 14.3 Å². The van der Waals surface area contributed by atoms with Gasteiger partial charge in [0.05, 0.1) is 19.5 Å². The highest BCUT2D eigenvalue weighted by molar-refractivity contribution is 5.91. The molecule has 1 aromatic heterocycles. The third kappa shape index (κ3) is 6.39. The van der Waals surface area contributed by atoms with Crippen LogP contribution in [0.3, 0.4) is 0 Å². The molecule has 0 saturated heterocycles. The fourth-order valence-corrected chi connectivity index (χ4v) is 2.17. The number of ether oxygens (including phenoxy) is 2. The number of nitrogens with zero attached hydrogens (tertiary/aromatic N) is 2. The van der Waals surface area contributed by atoms with E-state index >= 15 is 0 Å². The Labute approximate surface area is 147 Å². The van der Waals surface area contributed by atoms with Crippen LogP contribution in [0, 0.1) is 0 Å². The van der Waals surface area contributed by atoms with Crippen LogP contribution in [-0.2, 0) is 11.2 Å². The number of carbonyl (C=O) groups is 1. The first kappa shape index (κ1) is 18.7. The molecular formula is C18H24N4O3. The molecule has 2 N–H and O–H groups in total. The smallest absolute Gasteiger partial charge is 0.271 e. The van der Waals surface area contributed by atoms with Crippen LogP contribution in [0.1, 0.15) is 22.5 Å². The molecule has 134 valence electrons. The molecule has 0 aliphatic rings. The van der Waals surface area contributed by atoms with Crippen molar-refractivity contribution >= 4 is 11.7 Å². The Bertz CT molecular complexity index is 644. The Kier molecular flexibility index (Phi) is 7.65. The fraction of sp³-hybridized carbons (Fsp3) is 0.389. The van der Waals surface area contributed by atoms with Gasteiger partial charge in [-0.05, 0) is 30.5 Å². The summed E-state index contributed by atoms with van der Waals surface area (Å²) in [5, 5.41) is 5.97. The Morgan fingerprint density at radius 3 is 2.52 bits per heavy atom. The quantitative estimate of drug-likeness (QED) is 0.641. The van der Waals surface area contributed by atoms with E-state index in [2.05, 4.69) is 20.6 Å². The number of amides is 1. The Hall–Kier alpha value is -2.67. The average Bonchev–Trinajstić information content (AvgIpc) is 2.66. The number of anilines is 1. The van der Waals surface area contributed by atoms with Gasteiger partial charge in [-0.3, -0.25) is 4.79 Å². The molecule has 2 rings (SSSR count). The normalized spacial score (nSPS) is 10.3. The molecule has 2 aromatic rings. The largest absolute Gasteiger partial charge is 0.497 e. The summed E-state index contributed by atoms with van der Waals surface area (Å²) in [6, 6.07) is 7.77. The number of carbonyl (C=O) groups excluding carboxylic acids is 1. The molecule has 7 heteroatoms. The first-order valence-electron chi connectivity index (χ1n) is 8.19. The standard InChI is InChI=1S/C18H24N4O3/c1-24-11-3-9-19-17-13-21-16(12-22-17)18(23)20-10-8-14-4-6-15(25-2)7-5-14/h4-7,12-13H,3,8-11H2,1-2H3,(H,19,22)(H,20,23). The van der Waals surface area contributed by atoms with Gasteiger partial charge in [-0.15, -0.1) is 0 Å². The van der Waals surface area contributed by atoms with Crippen molar-refractivity contribution in [1.29, 1.82) is 0 Å². The molecule has 0 atom stereocenters. The van der Waals surface area contributed by atoms with E-state index in [-0.39, 0.29) is 5.91 Å². The van der Waals surface area contributed by atoms with Crippen LogP contribution < -0.4 is 15.4 Å². The number of rotatable bonds is 10. The molecule has 25 heavy (non-hydrogen) atoms. The highest BCUT2D eigenvalue weighted by Gasteiger charge is 2.07. The van der Waals surface area contributed by atoms with Crippen LogP contribution in [0.2, 0.25) is 0 Å². The van der Waals surface area contributed by atoms with E-state index in [1.54, 1.807) is 20.4 Å². The number of benzene rings is 1. The summed E-state index contributed by atoms with van der Waals surface area (Å²) in [5.41, 5.74) is 1.43. The van der Waals surface area contributed by atoms with Gasteiger partial charge in [-0.2, -0.15) is 0 Å². The first-order chi connectivity index (χ1) is 12.2. The molecule has 1 heterocycles. The SMILES string of the molecule is COCCCNc1cnc(C(=O)NCCc2ccc(OC)cc2)cn1. The lowest BCUT2D eigenvalue weighted by Gasteiger charge is -2.07. The second-order valence-electron chi connectivity index (χ2n) is 5.41. The van der Waals surface area contributed by atoms with Crippen molar-refractivity contribution in [2.45, 2.75) is 12.8 Å². The molecule has 0 aliphatic heterocycles. The lowest BCUT2D eigenvalue weighted by Crippen LogP contribution is -2.26. The van der Waals surface area contributed by atoms with Crippen molar-refractivity contribution in [1.82, 2.24) is 15.3 Å². The predicted octanol–water partition coefficient (Wildman–Crippen LogP) is 1.91. The highest BCUT2D eigenvalue weighted by Crippen LogP contribution is 2.11. The van der Waals surface area contributed by atoms with E-state index in [1.807, 2.05) is 24.3 Å². The molecular weight excluding hydrogens is 320 g/mol. The van der Waals surface area contributed by atoms with Crippen molar-refractivity contribution in [2.24, 2.45) is 0 Å². The van der Waals surface area contributed by atoms with E-state index in [0.29, 0.717) is 24.7 Å². The highest BCUT2D eigenvalue weighted by atomic mass is 16.5. The molecule has 7 nitrogen and oxygen atoms in total. The zero-order valence-corrected chi connectivity index (χ0v) is 14.6. The molecule has 0 fully saturated rings. The number of nitrogens with one attached hydrogen (secondary N) is 2. The van der Waals surface area contributed by atoms with Gasteiger partial charge in [-0.1, -0.05) is 12.1 Å². The van der Waals surface area contributed by atoms with E-state index in [1.165, 1.54) is 6.20 Å². The van der Waals surface area contributed by atoms with Crippen molar-refractivity contribution in [3.8, 4) is 5.75 Å². The summed E-state index contributed by atoms with van der Waals surface area (Å²) in [4.78, 5) is 20.4. The number of methoxy groups -OCH3 is 2. The monoisotopic (exact) mass is 344 g/mol. The molecule has 1 aromatic carbocycles. The van der Waals surface area contributed by atoms with E-state index in [4.69, 9.17) is 9.47 Å². The maximum atomic E-state index is 12.1. The minimum Gasteiger partial charge on any atom is -0.497 e. The Morgan fingerprint density at radius 2 is 1.88 bits per heavy atom. The summed E-state index contributed by atoms with van der Waals surface area (Å²) < 4.78 is 10.1. The minimum atomic E-state index is -0.230. The van der Waals surface area contributed by atoms with E-state index in [9.17, 15) is 4.79 Å². The third-order valence-electron chi connectivity index (χ3n) is 3.57. The van der Waals surface area contributed by atoms with Gasteiger partial charge in [0.2, 0.25) is 0 Å². The topological polar surface area (TPSA) is 85.4 Å². The zero-order valence-electron chi connectivity index (χ0n) is 14.6. The predicted molar refractivity (Wildman–Crippen MR) is 96.0 cm³/mol. The Morgan fingerprint density at radius 1 is 1.08 bits per heavy atom. The van der Waals surface area contributed by atoms with Crippen LogP contribution in [0.5, 0.6) is 5.75 Å². The lowest BCUT2D eigenvalue weighted by atomic mass is 10.1. The minimum absolute atomic E-state index is 0.230. The molecule has 0 radical (unpaired) electrons. The van der Waals surface area contributed by atoms with Gasteiger partial charge in [-0.25, -0.2) is 9.97 Å². The molecule has 0 spiro atoms. The second kappa shape index (κ2) is 10.2. The molecule has 0 unspecified atom stereocenters. The first-order valence-corrected chi connectivity index (χ1v) is 8.19. The summed E-state index contributed by atoms with van der Waals surface area (Å²) in [6.07, 6.45) is 4.65. The summed E-state index contributed by atoms with van der Waals surface area (Å²) >= 11 is 0. The van der Waals surface area contributed by atoms with Crippen molar-refractivity contribution in [3.05, 3.63) is 47.9 Å². The maximum absolute atomic E-state index is 12.1. The van der Waals surface area contributed by atoms with Crippen LogP contribution in [0.25, 0.3) is 0 Å². The van der Waals surface area contributed by atoms with E-state index < -0.39 is 0 Å². The second-order valence-corrected chi connectivity index (χ2v) is 5.41. The zero-order chi connectivity index (χ0) is 17.9. The molecule has 0 bridgehead atoms. The van der Waals surface area contributed by atoms with Crippen LogP contribution >= 0.6 is 0 Å². The Balaban J connectivity index is 1.74. The van der Waals surface area contributed by atoms with E-state index in [0.717, 1.165) is 30.7 Å². The fourth-order valence-electron chi connectivity index (χ4n) is 2.17. The van der Waals surface area contributed by atoms with Gasteiger partial charge in [0, 0.05) is 26.8 Å². The summed E-state index contributed by atoms with van der Waals surface area (Å²) in [6.45, 7) is 1.97. The molecule has 0 aliphatic carbocycles. The van der Waals surface area contributed by atoms with Gasteiger partial charge < -0.3 is 20.1 Å². The molecule has 1 amide bonds. The third-order valence-corrected chi connectivity index (χ3v) is 3.57. The number of hydrogen-bond acceptors (Lipinski definition) is 6. The average molecular weight is 344 g/mol. The van der Waals surface area contributed by atoms with Crippen LogP contribution in [0.15, 0.2) is 36.7 Å². The van der Waals surface area contributed by atoms with Crippen LogP contribution in [0.4, 0.5) is 5.82 Å². The van der Waals surface area contributed by atoms with Crippen LogP contribution in [-0.4, -0.2) is 49.8 Å². The number of aromatic nitrogens is 2. The summed E-state index contributed by atoms with van der Waals surface area (Å²) in [7, 11) is 3.30. The molecule has 0 saturated carbocycles. The van der Waals surface area contributed by atoms with Gasteiger partial charge in [0.1, 0.15) is 17.3 Å². The van der Waals surface area contributed by atoms with Gasteiger partial charge >= 0.3 is 0 Å². The number of hydrogen-bond donors (Lipinski definition) is 2. The summed E-state index contributed by atoms with van der Waals surface area (Å²) in [5.74, 6) is 1.23. The maximum Gasteiger partial charge on any atom is 0.271 e. The van der Waals surface area contributed by atoms with Gasteiger partial charge in [0.25, 0.3) is 5.91 Å². The van der Waals surface area contributed by atoms with Gasteiger partial charge in [0.15, 0.2) is 0 Å². The van der Waals surface area contributed by atoms with Crippen molar-refractivity contribution in [2.75, 3.05) is 39.2 Å². The van der Waals surface area contributed by atoms with Crippen molar-refractivity contribution in [3.63, 3.8) is 0 Å².